The zero-order chi connectivity index (χ0) is 19.2. The molecule has 0 bridgehead atoms. The molecule has 1 aromatic heterocycles. The molecule has 1 amide bonds. The molecule has 0 unspecified atom stereocenters. The van der Waals surface area contributed by atoms with E-state index in [2.05, 4.69) is 20.8 Å². The van der Waals surface area contributed by atoms with E-state index in [0.717, 1.165) is 11.3 Å². The molecule has 0 saturated heterocycles. The molecule has 0 spiro atoms. The number of carbonyl (C=O) groups is 2. The third-order valence-corrected chi connectivity index (χ3v) is 3.85. The van der Waals surface area contributed by atoms with Crippen LogP contribution >= 0.6 is 0 Å². The number of para-hydroxylation sites is 1. The molecule has 0 radical (unpaired) electrons. The first kappa shape index (κ1) is 18.1. The van der Waals surface area contributed by atoms with Gasteiger partial charge in [-0.1, -0.05) is 24.3 Å². The van der Waals surface area contributed by atoms with Gasteiger partial charge in [0, 0.05) is 11.4 Å². The van der Waals surface area contributed by atoms with Crippen LogP contribution in [-0.2, 0) is 4.74 Å². The van der Waals surface area contributed by atoms with Crippen LogP contribution in [-0.4, -0.2) is 29.2 Å². The highest BCUT2D eigenvalue weighted by molar-refractivity contribution is 6.03. The lowest BCUT2D eigenvalue weighted by Gasteiger charge is -2.09. The molecule has 27 heavy (non-hydrogen) atoms. The van der Waals surface area contributed by atoms with Crippen molar-refractivity contribution in [1.82, 2.24) is 10.2 Å². The van der Waals surface area contributed by atoms with E-state index in [0.29, 0.717) is 17.1 Å². The molecular formula is C20H18N4O3. The third-order valence-electron chi connectivity index (χ3n) is 3.85. The standard InChI is InChI=1S/C20H18N4O3/c1-13-6-3-4-9-16(13)22-19(25)17-10-11-18(24-23-17)21-15-8-5-7-14(12-15)20(26)27-2/h3-12H,1-2H3,(H,21,24)(H,22,25). The molecule has 0 saturated carbocycles. The van der Waals surface area contributed by atoms with Gasteiger partial charge in [0.15, 0.2) is 11.5 Å². The molecule has 1 heterocycles. The van der Waals surface area contributed by atoms with Gasteiger partial charge in [0.1, 0.15) is 0 Å². The number of ether oxygens (including phenoxy) is 1. The van der Waals surface area contributed by atoms with Crippen LogP contribution in [0, 0.1) is 6.92 Å². The number of aryl methyl sites for hydroxylation is 1. The monoisotopic (exact) mass is 362 g/mol. The van der Waals surface area contributed by atoms with E-state index in [1.54, 1.807) is 36.4 Å². The Labute approximate surface area is 156 Å². The van der Waals surface area contributed by atoms with E-state index < -0.39 is 5.97 Å². The first-order valence-corrected chi connectivity index (χ1v) is 8.23. The van der Waals surface area contributed by atoms with Gasteiger partial charge < -0.3 is 15.4 Å². The second-order valence-corrected chi connectivity index (χ2v) is 5.77. The Hall–Kier alpha value is -3.74. The first-order valence-electron chi connectivity index (χ1n) is 8.23. The predicted octanol–water partition coefficient (Wildman–Crippen LogP) is 3.57. The number of benzene rings is 2. The van der Waals surface area contributed by atoms with Gasteiger partial charge >= 0.3 is 5.97 Å². The molecule has 2 N–H and O–H groups in total. The minimum absolute atomic E-state index is 0.201. The Balaban J connectivity index is 1.69. The zero-order valence-electron chi connectivity index (χ0n) is 14.9. The maximum absolute atomic E-state index is 12.3. The van der Waals surface area contributed by atoms with Gasteiger partial charge in [-0.05, 0) is 48.9 Å². The summed E-state index contributed by atoms with van der Waals surface area (Å²) in [5, 5.41) is 13.8. The lowest BCUT2D eigenvalue weighted by atomic mass is 10.2. The third kappa shape index (κ3) is 4.46. The molecule has 0 aliphatic carbocycles. The first-order chi connectivity index (χ1) is 13.1. The number of nitrogens with one attached hydrogen (secondary N) is 2. The van der Waals surface area contributed by atoms with Crippen molar-refractivity contribution in [2.24, 2.45) is 0 Å². The largest absolute Gasteiger partial charge is 0.465 e. The highest BCUT2D eigenvalue weighted by Crippen LogP contribution is 2.17. The van der Waals surface area contributed by atoms with Crippen molar-refractivity contribution in [2.45, 2.75) is 6.92 Å². The Kier molecular flexibility index (Phi) is 5.41. The normalized spacial score (nSPS) is 10.1. The summed E-state index contributed by atoms with van der Waals surface area (Å²) < 4.78 is 4.70. The molecule has 136 valence electrons. The molecular weight excluding hydrogens is 344 g/mol. The van der Waals surface area contributed by atoms with Crippen LogP contribution in [0.15, 0.2) is 60.7 Å². The SMILES string of the molecule is COC(=O)c1cccc(Nc2ccc(C(=O)Nc3ccccc3C)nn2)c1. The number of carbonyl (C=O) groups excluding carboxylic acids is 2. The summed E-state index contributed by atoms with van der Waals surface area (Å²) in [6.45, 7) is 1.91. The fourth-order valence-electron chi connectivity index (χ4n) is 2.41. The minimum atomic E-state index is -0.423. The molecule has 3 aromatic rings. The second kappa shape index (κ2) is 8.09. The maximum atomic E-state index is 12.3. The molecule has 0 atom stereocenters. The minimum Gasteiger partial charge on any atom is -0.465 e. The van der Waals surface area contributed by atoms with Crippen LogP contribution in [0.1, 0.15) is 26.4 Å². The maximum Gasteiger partial charge on any atom is 0.337 e. The van der Waals surface area contributed by atoms with Crippen LogP contribution in [0.5, 0.6) is 0 Å². The second-order valence-electron chi connectivity index (χ2n) is 5.77. The number of hydrogen-bond donors (Lipinski definition) is 2. The lowest BCUT2D eigenvalue weighted by molar-refractivity contribution is 0.0600. The Bertz CT molecular complexity index is 971. The Morgan fingerprint density at radius 1 is 0.963 bits per heavy atom. The topological polar surface area (TPSA) is 93.2 Å². The molecule has 0 aliphatic rings. The fraction of sp³-hybridized carbons (Fsp3) is 0.100. The molecule has 3 rings (SSSR count). The van der Waals surface area contributed by atoms with Crippen molar-refractivity contribution in [2.75, 3.05) is 17.7 Å². The van der Waals surface area contributed by atoms with Crippen LogP contribution in [0.3, 0.4) is 0 Å². The predicted molar refractivity (Wildman–Crippen MR) is 102 cm³/mol. The van der Waals surface area contributed by atoms with Crippen LogP contribution in [0.2, 0.25) is 0 Å². The molecule has 0 aliphatic heterocycles. The highest BCUT2D eigenvalue weighted by atomic mass is 16.5. The number of methoxy groups -OCH3 is 1. The van der Waals surface area contributed by atoms with E-state index in [4.69, 9.17) is 4.74 Å². The van der Waals surface area contributed by atoms with Crippen LogP contribution in [0.25, 0.3) is 0 Å². The fourth-order valence-corrected chi connectivity index (χ4v) is 2.41. The Morgan fingerprint density at radius 2 is 1.78 bits per heavy atom. The molecule has 7 nitrogen and oxygen atoms in total. The molecule has 7 heteroatoms. The number of hydrogen-bond acceptors (Lipinski definition) is 6. The number of esters is 1. The zero-order valence-corrected chi connectivity index (χ0v) is 14.9. The summed E-state index contributed by atoms with van der Waals surface area (Å²) in [5.41, 5.74) is 2.97. The van der Waals surface area contributed by atoms with E-state index in [-0.39, 0.29) is 11.6 Å². The summed E-state index contributed by atoms with van der Waals surface area (Å²) in [4.78, 5) is 23.9. The molecule has 2 aromatic carbocycles. The van der Waals surface area contributed by atoms with Crippen molar-refractivity contribution < 1.29 is 14.3 Å². The van der Waals surface area contributed by atoms with Crippen molar-refractivity contribution in [1.29, 1.82) is 0 Å². The highest BCUT2D eigenvalue weighted by Gasteiger charge is 2.10. The van der Waals surface area contributed by atoms with Gasteiger partial charge in [0.2, 0.25) is 0 Å². The summed E-state index contributed by atoms with van der Waals surface area (Å²) >= 11 is 0. The summed E-state index contributed by atoms with van der Waals surface area (Å²) in [7, 11) is 1.33. The lowest BCUT2D eigenvalue weighted by Crippen LogP contribution is -2.15. The number of rotatable bonds is 5. The number of nitrogens with zero attached hydrogens (tertiary/aromatic N) is 2. The van der Waals surface area contributed by atoms with Crippen molar-refractivity contribution >= 4 is 29.1 Å². The van der Waals surface area contributed by atoms with E-state index >= 15 is 0 Å². The smallest absolute Gasteiger partial charge is 0.337 e. The number of anilines is 3. The van der Waals surface area contributed by atoms with Crippen molar-refractivity contribution in [3.05, 3.63) is 77.5 Å². The van der Waals surface area contributed by atoms with Gasteiger partial charge in [0.25, 0.3) is 5.91 Å². The summed E-state index contributed by atoms with van der Waals surface area (Å²) in [5.74, 6) is -0.312. The van der Waals surface area contributed by atoms with E-state index in [9.17, 15) is 9.59 Å². The van der Waals surface area contributed by atoms with E-state index in [1.807, 2.05) is 31.2 Å². The van der Waals surface area contributed by atoms with Gasteiger partial charge in [0.05, 0.1) is 12.7 Å². The van der Waals surface area contributed by atoms with Gasteiger partial charge in [-0.15, -0.1) is 10.2 Å². The number of amides is 1. The molecule has 0 fully saturated rings. The summed E-state index contributed by atoms with van der Waals surface area (Å²) in [6, 6.07) is 17.5. The summed E-state index contributed by atoms with van der Waals surface area (Å²) in [6.07, 6.45) is 0. The van der Waals surface area contributed by atoms with Crippen molar-refractivity contribution in [3.8, 4) is 0 Å². The number of aromatic nitrogens is 2. The van der Waals surface area contributed by atoms with Crippen LogP contribution in [0.4, 0.5) is 17.2 Å². The quantitative estimate of drug-likeness (QED) is 0.674. The van der Waals surface area contributed by atoms with E-state index in [1.165, 1.54) is 7.11 Å². The average molecular weight is 362 g/mol. The van der Waals surface area contributed by atoms with Crippen molar-refractivity contribution in [3.63, 3.8) is 0 Å². The average Bonchev–Trinajstić information content (AvgIpc) is 2.70. The van der Waals surface area contributed by atoms with Gasteiger partial charge in [-0.3, -0.25) is 4.79 Å². The van der Waals surface area contributed by atoms with Gasteiger partial charge in [-0.25, -0.2) is 4.79 Å². The Morgan fingerprint density at radius 3 is 2.48 bits per heavy atom. The van der Waals surface area contributed by atoms with Gasteiger partial charge in [-0.2, -0.15) is 0 Å². The van der Waals surface area contributed by atoms with Crippen LogP contribution < -0.4 is 10.6 Å².